The molecule has 1 fully saturated rings. The number of nitrogens with one attached hydrogen (secondary N) is 1. The first-order valence-electron chi connectivity index (χ1n) is 8.56. The zero-order valence-electron chi connectivity index (χ0n) is 14.9. The lowest BCUT2D eigenvalue weighted by molar-refractivity contribution is -0.138. The summed E-state index contributed by atoms with van der Waals surface area (Å²) in [6.45, 7) is 2.57. The van der Waals surface area contributed by atoms with Gasteiger partial charge in [0.25, 0.3) is 0 Å². The largest absolute Gasteiger partial charge is 0.497 e. The van der Waals surface area contributed by atoms with Gasteiger partial charge in [0.15, 0.2) is 0 Å². The van der Waals surface area contributed by atoms with Gasteiger partial charge in [-0.3, -0.25) is 14.5 Å². The van der Waals surface area contributed by atoms with E-state index in [-0.39, 0.29) is 12.5 Å². The molecule has 0 bridgehead atoms. The van der Waals surface area contributed by atoms with E-state index in [1.54, 1.807) is 13.2 Å². The molecule has 138 valence electrons. The van der Waals surface area contributed by atoms with Crippen LogP contribution in [-0.4, -0.2) is 73.2 Å². The number of rotatable bonds is 8. The van der Waals surface area contributed by atoms with Gasteiger partial charge in [-0.1, -0.05) is 6.07 Å². The summed E-state index contributed by atoms with van der Waals surface area (Å²) in [6.07, 6.45) is 2.30. The van der Waals surface area contributed by atoms with Crippen molar-refractivity contribution < 1.29 is 19.4 Å². The highest BCUT2D eigenvalue weighted by Crippen LogP contribution is 2.18. The fourth-order valence-corrected chi connectivity index (χ4v) is 3.11. The minimum absolute atomic E-state index is 0.0154. The van der Waals surface area contributed by atoms with Crippen LogP contribution in [-0.2, 0) is 9.59 Å². The SMILES string of the molecule is COc1cccc(NC(=O)CCN2CCC(N(C)CC(=O)O)CC2)c1. The van der Waals surface area contributed by atoms with Crippen LogP contribution in [0.4, 0.5) is 5.69 Å². The maximum absolute atomic E-state index is 12.1. The number of ether oxygens (including phenoxy) is 1. The highest BCUT2D eigenvalue weighted by Gasteiger charge is 2.23. The minimum Gasteiger partial charge on any atom is -0.497 e. The van der Waals surface area contributed by atoms with Crippen molar-refractivity contribution >= 4 is 17.6 Å². The molecule has 1 amide bonds. The van der Waals surface area contributed by atoms with Crippen molar-refractivity contribution in [3.8, 4) is 5.75 Å². The predicted molar refractivity (Wildman–Crippen MR) is 96.0 cm³/mol. The average molecular weight is 349 g/mol. The van der Waals surface area contributed by atoms with E-state index in [1.165, 1.54) is 0 Å². The number of carboxylic acid groups (broad SMARTS) is 1. The third-order valence-corrected chi connectivity index (χ3v) is 4.57. The highest BCUT2D eigenvalue weighted by atomic mass is 16.5. The molecule has 0 saturated carbocycles. The molecular formula is C18H27N3O4. The number of carboxylic acids is 1. The molecule has 1 aromatic carbocycles. The van der Waals surface area contributed by atoms with E-state index >= 15 is 0 Å². The molecule has 7 nitrogen and oxygen atoms in total. The number of methoxy groups -OCH3 is 1. The zero-order valence-corrected chi connectivity index (χ0v) is 14.9. The Labute approximate surface area is 148 Å². The molecular weight excluding hydrogens is 322 g/mol. The number of hydrogen-bond acceptors (Lipinski definition) is 5. The van der Waals surface area contributed by atoms with Crippen LogP contribution in [0.25, 0.3) is 0 Å². The zero-order chi connectivity index (χ0) is 18.2. The minimum atomic E-state index is -0.792. The summed E-state index contributed by atoms with van der Waals surface area (Å²) in [4.78, 5) is 27.0. The van der Waals surface area contributed by atoms with Gasteiger partial charge in [-0.2, -0.15) is 0 Å². The lowest BCUT2D eigenvalue weighted by Crippen LogP contribution is -2.45. The average Bonchev–Trinajstić information content (AvgIpc) is 2.60. The van der Waals surface area contributed by atoms with E-state index in [9.17, 15) is 9.59 Å². The number of nitrogens with zero attached hydrogens (tertiary/aromatic N) is 2. The molecule has 0 aliphatic carbocycles. The molecule has 2 rings (SSSR count). The van der Waals surface area contributed by atoms with Gasteiger partial charge in [-0.15, -0.1) is 0 Å². The molecule has 1 aliphatic rings. The highest BCUT2D eigenvalue weighted by molar-refractivity contribution is 5.91. The smallest absolute Gasteiger partial charge is 0.317 e. The summed E-state index contributed by atoms with van der Waals surface area (Å²) >= 11 is 0. The fourth-order valence-electron chi connectivity index (χ4n) is 3.11. The first-order valence-corrected chi connectivity index (χ1v) is 8.56. The van der Waals surface area contributed by atoms with Crippen LogP contribution in [0.15, 0.2) is 24.3 Å². The summed E-state index contributed by atoms with van der Waals surface area (Å²) in [5, 5.41) is 11.7. The van der Waals surface area contributed by atoms with Crippen LogP contribution < -0.4 is 10.1 Å². The maximum Gasteiger partial charge on any atom is 0.317 e. The van der Waals surface area contributed by atoms with Crippen LogP contribution in [0.5, 0.6) is 5.75 Å². The number of likely N-dealkylation sites (tertiary alicyclic amines) is 1. The summed E-state index contributed by atoms with van der Waals surface area (Å²) in [7, 11) is 3.45. The Morgan fingerprint density at radius 2 is 2.08 bits per heavy atom. The Morgan fingerprint density at radius 1 is 1.36 bits per heavy atom. The number of amides is 1. The monoisotopic (exact) mass is 349 g/mol. The Kier molecular flexibility index (Phi) is 7.21. The molecule has 1 aromatic rings. The number of carbonyl (C=O) groups excluding carboxylic acids is 1. The van der Waals surface area contributed by atoms with Crippen LogP contribution in [0.1, 0.15) is 19.3 Å². The first kappa shape index (κ1) is 19.2. The Morgan fingerprint density at radius 3 is 2.72 bits per heavy atom. The molecule has 25 heavy (non-hydrogen) atoms. The van der Waals surface area contributed by atoms with Gasteiger partial charge in [0.05, 0.1) is 13.7 Å². The number of anilines is 1. The molecule has 0 spiro atoms. The Bertz CT molecular complexity index is 585. The molecule has 1 heterocycles. The number of likely N-dealkylation sites (N-methyl/N-ethyl adjacent to an activating group) is 1. The van der Waals surface area contributed by atoms with E-state index in [4.69, 9.17) is 9.84 Å². The third kappa shape index (κ3) is 6.36. The quantitative estimate of drug-likeness (QED) is 0.740. The molecule has 1 aliphatic heterocycles. The van der Waals surface area contributed by atoms with Crippen LogP contribution >= 0.6 is 0 Å². The van der Waals surface area contributed by atoms with Crippen molar-refractivity contribution in [1.29, 1.82) is 0 Å². The number of hydrogen-bond donors (Lipinski definition) is 2. The number of benzene rings is 1. The summed E-state index contributed by atoms with van der Waals surface area (Å²) in [5.41, 5.74) is 0.735. The molecule has 7 heteroatoms. The Hall–Kier alpha value is -2.12. The molecule has 0 aromatic heterocycles. The Balaban J connectivity index is 1.70. The van der Waals surface area contributed by atoms with Gasteiger partial charge >= 0.3 is 5.97 Å². The van der Waals surface area contributed by atoms with Crippen molar-refractivity contribution in [2.24, 2.45) is 0 Å². The summed E-state index contributed by atoms with van der Waals surface area (Å²) in [6, 6.07) is 7.61. The normalized spacial score (nSPS) is 16.0. The van der Waals surface area contributed by atoms with Gasteiger partial charge in [-0.05, 0) is 45.1 Å². The van der Waals surface area contributed by atoms with E-state index in [0.717, 1.165) is 31.6 Å². The predicted octanol–water partition coefficient (Wildman–Crippen LogP) is 1.50. The standard InChI is InChI=1S/C18H27N3O4/c1-20(13-18(23)24)15-6-9-21(10-7-15)11-8-17(22)19-14-4-3-5-16(12-14)25-2/h3-5,12,15H,6-11,13H2,1-2H3,(H,19,22)(H,23,24). The van der Waals surface area contributed by atoms with Crippen molar-refractivity contribution in [3.63, 3.8) is 0 Å². The number of carbonyl (C=O) groups is 2. The van der Waals surface area contributed by atoms with Gasteiger partial charge in [-0.25, -0.2) is 0 Å². The van der Waals surface area contributed by atoms with Gasteiger partial charge in [0, 0.05) is 30.8 Å². The molecule has 0 radical (unpaired) electrons. The lowest BCUT2D eigenvalue weighted by Gasteiger charge is -2.36. The number of piperidine rings is 1. The lowest BCUT2D eigenvalue weighted by atomic mass is 10.0. The van der Waals surface area contributed by atoms with Crippen molar-refractivity contribution in [2.45, 2.75) is 25.3 Å². The second-order valence-electron chi connectivity index (χ2n) is 6.41. The molecule has 0 atom stereocenters. The van der Waals surface area contributed by atoms with Crippen LogP contribution in [0.3, 0.4) is 0 Å². The van der Waals surface area contributed by atoms with E-state index in [2.05, 4.69) is 10.2 Å². The molecule has 2 N–H and O–H groups in total. The van der Waals surface area contributed by atoms with Crippen molar-refractivity contribution in [3.05, 3.63) is 24.3 Å². The molecule has 0 unspecified atom stereocenters. The third-order valence-electron chi connectivity index (χ3n) is 4.57. The second-order valence-corrected chi connectivity index (χ2v) is 6.41. The van der Waals surface area contributed by atoms with Crippen LogP contribution in [0.2, 0.25) is 0 Å². The first-order chi connectivity index (χ1) is 12.0. The second kappa shape index (κ2) is 9.39. The van der Waals surface area contributed by atoms with Crippen molar-refractivity contribution in [1.82, 2.24) is 9.80 Å². The number of aliphatic carboxylic acids is 1. The summed E-state index contributed by atoms with van der Waals surface area (Å²) in [5.74, 6) is -0.0946. The van der Waals surface area contributed by atoms with Crippen LogP contribution in [0, 0.1) is 0 Å². The molecule has 1 saturated heterocycles. The van der Waals surface area contributed by atoms with E-state index in [1.807, 2.05) is 30.1 Å². The van der Waals surface area contributed by atoms with Gasteiger partial charge in [0.2, 0.25) is 5.91 Å². The van der Waals surface area contributed by atoms with Gasteiger partial charge < -0.3 is 20.1 Å². The fraction of sp³-hybridized carbons (Fsp3) is 0.556. The van der Waals surface area contributed by atoms with Crippen molar-refractivity contribution in [2.75, 3.05) is 45.7 Å². The summed E-state index contributed by atoms with van der Waals surface area (Å²) < 4.78 is 5.14. The van der Waals surface area contributed by atoms with E-state index in [0.29, 0.717) is 24.8 Å². The van der Waals surface area contributed by atoms with Gasteiger partial charge in [0.1, 0.15) is 5.75 Å². The maximum atomic E-state index is 12.1. The topological polar surface area (TPSA) is 82.1 Å². The van der Waals surface area contributed by atoms with E-state index < -0.39 is 5.97 Å².